The van der Waals surface area contributed by atoms with Crippen molar-refractivity contribution < 1.29 is 17.5 Å². The molecule has 0 aromatic heterocycles. The summed E-state index contributed by atoms with van der Waals surface area (Å²) in [7, 11) is -3.53. The summed E-state index contributed by atoms with van der Waals surface area (Å²) < 4.78 is 47.2. The van der Waals surface area contributed by atoms with Gasteiger partial charge in [0.15, 0.2) is 12.3 Å². The quantitative estimate of drug-likeness (QED) is 0.863. The van der Waals surface area contributed by atoms with Gasteiger partial charge in [-0.05, 0) is 50.8 Å². The summed E-state index contributed by atoms with van der Waals surface area (Å²) in [4.78, 5) is 0. The normalized spacial score (nSPS) is 24.6. The summed E-state index contributed by atoms with van der Waals surface area (Å²) in [5.41, 5.74) is -1.30. The molecule has 2 unspecified atom stereocenters. The van der Waals surface area contributed by atoms with Crippen molar-refractivity contribution in [2.45, 2.75) is 50.1 Å². The van der Waals surface area contributed by atoms with Gasteiger partial charge < -0.3 is 4.74 Å². The molecule has 1 N–H and O–H groups in total. The first-order valence-corrected chi connectivity index (χ1v) is 9.14. The zero-order chi connectivity index (χ0) is 17.1. The third-order valence-corrected chi connectivity index (χ3v) is 6.00. The van der Waals surface area contributed by atoms with Gasteiger partial charge in [0.25, 0.3) is 0 Å². The number of hydrogen-bond acceptors (Lipinski definition) is 4. The fraction of sp³-hybridized carbons (Fsp3) is 0.562. The highest BCUT2D eigenvalue weighted by Crippen LogP contribution is 2.43. The van der Waals surface area contributed by atoms with Crippen LogP contribution in [0.2, 0.25) is 0 Å². The van der Waals surface area contributed by atoms with Crippen LogP contribution in [0.3, 0.4) is 0 Å². The number of benzene rings is 1. The standard InChI is InChI=1S/C16H21FN2O3S/c1-12(2)23(20,21)19-15-4-3-9-16(15,17)13-5-7-14(8-6-13)22-11-10-18/h5-8,12,15,19H,3-4,9,11H2,1-2H3. The monoisotopic (exact) mass is 340 g/mol. The van der Waals surface area contributed by atoms with Crippen LogP contribution in [0.15, 0.2) is 24.3 Å². The minimum Gasteiger partial charge on any atom is -0.479 e. The lowest BCUT2D eigenvalue weighted by Crippen LogP contribution is -2.46. The minimum absolute atomic E-state index is 0.0725. The summed E-state index contributed by atoms with van der Waals surface area (Å²) in [5, 5.41) is 7.88. The Kier molecular flexibility index (Phi) is 5.27. The van der Waals surface area contributed by atoms with Crippen molar-refractivity contribution in [2.75, 3.05) is 6.61 Å². The summed E-state index contributed by atoms with van der Waals surface area (Å²) in [6.07, 6.45) is 1.36. The van der Waals surface area contributed by atoms with Crippen molar-refractivity contribution in [1.82, 2.24) is 4.72 Å². The van der Waals surface area contributed by atoms with Crippen LogP contribution in [0.4, 0.5) is 4.39 Å². The Morgan fingerprint density at radius 3 is 2.65 bits per heavy atom. The second kappa shape index (κ2) is 6.85. The molecule has 0 bridgehead atoms. The van der Waals surface area contributed by atoms with Gasteiger partial charge in [0.1, 0.15) is 11.8 Å². The number of sulfonamides is 1. The smallest absolute Gasteiger partial charge is 0.214 e. The van der Waals surface area contributed by atoms with Crippen molar-refractivity contribution >= 4 is 10.0 Å². The highest BCUT2D eigenvalue weighted by atomic mass is 32.2. The van der Waals surface area contributed by atoms with Crippen LogP contribution in [0.1, 0.15) is 38.7 Å². The third-order valence-electron chi connectivity index (χ3n) is 4.15. The summed E-state index contributed by atoms with van der Waals surface area (Å²) in [6, 6.07) is 7.48. The van der Waals surface area contributed by atoms with E-state index in [0.717, 1.165) is 0 Å². The molecule has 5 nitrogen and oxygen atoms in total. The molecular weight excluding hydrogens is 319 g/mol. The van der Waals surface area contributed by atoms with Crippen molar-refractivity contribution in [1.29, 1.82) is 5.26 Å². The van der Waals surface area contributed by atoms with Crippen LogP contribution in [-0.2, 0) is 15.7 Å². The second-order valence-corrected chi connectivity index (χ2v) is 8.26. The van der Waals surface area contributed by atoms with Crippen molar-refractivity contribution in [2.24, 2.45) is 0 Å². The predicted molar refractivity (Wildman–Crippen MR) is 85.2 cm³/mol. The zero-order valence-electron chi connectivity index (χ0n) is 13.3. The molecule has 2 atom stereocenters. The molecule has 0 radical (unpaired) electrons. The van der Waals surface area contributed by atoms with E-state index in [-0.39, 0.29) is 13.0 Å². The molecule has 0 aliphatic heterocycles. The summed E-state index contributed by atoms with van der Waals surface area (Å²) >= 11 is 0. The number of halogens is 1. The van der Waals surface area contributed by atoms with Gasteiger partial charge >= 0.3 is 0 Å². The highest BCUT2D eigenvalue weighted by molar-refractivity contribution is 7.90. The van der Waals surface area contributed by atoms with Crippen LogP contribution < -0.4 is 9.46 Å². The predicted octanol–water partition coefficient (Wildman–Crippen LogP) is 2.63. The molecule has 1 aliphatic carbocycles. The topological polar surface area (TPSA) is 79.2 Å². The molecule has 1 fully saturated rings. The van der Waals surface area contributed by atoms with Gasteiger partial charge in [0.05, 0.1) is 11.3 Å². The lowest BCUT2D eigenvalue weighted by Gasteiger charge is -2.29. The zero-order valence-corrected chi connectivity index (χ0v) is 14.1. The van der Waals surface area contributed by atoms with E-state index in [4.69, 9.17) is 10.00 Å². The van der Waals surface area contributed by atoms with Crippen LogP contribution >= 0.6 is 0 Å². The maximum atomic E-state index is 15.5. The molecule has 2 rings (SSSR count). The second-order valence-electron chi connectivity index (χ2n) is 5.99. The van der Waals surface area contributed by atoms with E-state index in [0.29, 0.717) is 24.2 Å². The first-order valence-electron chi connectivity index (χ1n) is 7.60. The molecule has 0 amide bonds. The van der Waals surface area contributed by atoms with Crippen LogP contribution in [0.25, 0.3) is 0 Å². The van der Waals surface area contributed by atoms with Crippen LogP contribution in [0.5, 0.6) is 5.75 Å². The highest BCUT2D eigenvalue weighted by Gasteiger charge is 2.46. The van der Waals surface area contributed by atoms with Crippen molar-refractivity contribution in [3.63, 3.8) is 0 Å². The summed E-state index contributed by atoms with van der Waals surface area (Å²) in [6.45, 7) is 3.06. The van der Waals surface area contributed by atoms with Crippen LogP contribution in [0, 0.1) is 11.3 Å². The minimum atomic E-state index is -3.53. The van der Waals surface area contributed by atoms with Gasteiger partial charge in [-0.2, -0.15) is 5.26 Å². The number of ether oxygens (including phenoxy) is 1. The largest absolute Gasteiger partial charge is 0.479 e. The van der Waals surface area contributed by atoms with E-state index < -0.39 is 27.0 Å². The Labute approximate surface area is 136 Å². The lowest BCUT2D eigenvalue weighted by atomic mass is 9.91. The number of hydrogen-bond donors (Lipinski definition) is 1. The lowest BCUT2D eigenvalue weighted by molar-refractivity contribution is 0.142. The molecule has 0 spiro atoms. The number of rotatable bonds is 6. The van der Waals surface area contributed by atoms with E-state index in [1.807, 2.05) is 6.07 Å². The molecular formula is C16H21FN2O3S. The molecule has 23 heavy (non-hydrogen) atoms. The van der Waals surface area contributed by atoms with E-state index in [2.05, 4.69) is 4.72 Å². The number of nitrogens with zero attached hydrogens (tertiary/aromatic N) is 1. The maximum Gasteiger partial charge on any atom is 0.214 e. The van der Waals surface area contributed by atoms with E-state index in [1.165, 1.54) is 0 Å². The Morgan fingerprint density at radius 2 is 2.09 bits per heavy atom. The SMILES string of the molecule is CC(C)S(=O)(=O)NC1CCCC1(F)c1ccc(OCC#N)cc1. The average Bonchev–Trinajstić information content (AvgIpc) is 2.87. The van der Waals surface area contributed by atoms with Gasteiger partial charge in [-0.1, -0.05) is 12.1 Å². The molecule has 0 saturated heterocycles. The molecule has 1 aliphatic rings. The van der Waals surface area contributed by atoms with Crippen molar-refractivity contribution in [3.05, 3.63) is 29.8 Å². The van der Waals surface area contributed by atoms with Gasteiger partial charge in [0, 0.05) is 0 Å². The van der Waals surface area contributed by atoms with Crippen molar-refractivity contribution in [3.8, 4) is 11.8 Å². The first kappa shape index (κ1) is 17.7. The Balaban J connectivity index is 2.20. The Morgan fingerprint density at radius 1 is 1.43 bits per heavy atom. The number of nitriles is 1. The molecule has 1 saturated carbocycles. The fourth-order valence-corrected chi connectivity index (χ4v) is 3.72. The van der Waals surface area contributed by atoms with E-state index in [9.17, 15) is 8.42 Å². The molecule has 126 valence electrons. The molecule has 1 aromatic carbocycles. The Bertz CT molecular complexity index is 682. The van der Waals surface area contributed by atoms with Gasteiger partial charge in [-0.25, -0.2) is 17.5 Å². The summed E-state index contributed by atoms with van der Waals surface area (Å²) in [5.74, 6) is 0.483. The third kappa shape index (κ3) is 3.82. The number of alkyl halides is 1. The van der Waals surface area contributed by atoms with E-state index in [1.54, 1.807) is 38.1 Å². The molecule has 7 heteroatoms. The van der Waals surface area contributed by atoms with E-state index >= 15 is 4.39 Å². The average molecular weight is 340 g/mol. The van der Waals surface area contributed by atoms with Gasteiger partial charge in [0.2, 0.25) is 10.0 Å². The molecule has 1 aromatic rings. The fourth-order valence-electron chi connectivity index (χ4n) is 2.74. The van der Waals surface area contributed by atoms with Crippen LogP contribution in [-0.4, -0.2) is 26.3 Å². The van der Waals surface area contributed by atoms with Gasteiger partial charge in [-0.3, -0.25) is 0 Å². The first-order chi connectivity index (χ1) is 10.8. The van der Waals surface area contributed by atoms with Gasteiger partial charge in [-0.15, -0.1) is 0 Å². The molecule has 0 heterocycles. The Hall–Kier alpha value is -1.65. The maximum absolute atomic E-state index is 15.5. The number of nitrogens with one attached hydrogen (secondary N) is 1.